The van der Waals surface area contributed by atoms with Gasteiger partial charge in [0.25, 0.3) is 5.56 Å². The molecule has 4 heterocycles. The van der Waals surface area contributed by atoms with E-state index in [1.54, 1.807) is 62.2 Å². The van der Waals surface area contributed by atoms with Crippen molar-refractivity contribution in [3.05, 3.63) is 52.7 Å². The van der Waals surface area contributed by atoms with Crippen molar-refractivity contribution in [3.63, 3.8) is 0 Å². The molecule has 1 aliphatic carbocycles. The molecule has 0 atom stereocenters. The fourth-order valence-corrected chi connectivity index (χ4v) is 6.79. The van der Waals surface area contributed by atoms with Crippen LogP contribution in [-0.4, -0.2) is 94.0 Å². The normalized spacial score (nSPS) is 17.1. The number of carbonyl (C=O) groups excluding carboxylic acids is 1. The Hall–Kier alpha value is -3.91. The summed E-state index contributed by atoms with van der Waals surface area (Å²) in [5.41, 5.74) is 1.76. The van der Waals surface area contributed by atoms with Crippen LogP contribution in [0.2, 0.25) is 0 Å². The molecule has 40 heavy (non-hydrogen) atoms. The topological polar surface area (TPSA) is 130 Å². The van der Waals surface area contributed by atoms with E-state index in [-0.39, 0.29) is 28.4 Å². The van der Waals surface area contributed by atoms with Gasteiger partial charge in [-0.1, -0.05) is 0 Å². The van der Waals surface area contributed by atoms with Crippen LogP contribution >= 0.6 is 0 Å². The molecule has 3 aromatic heterocycles. The third-order valence-corrected chi connectivity index (χ3v) is 9.33. The minimum Gasteiger partial charge on any atom is -0.366 e. The standard InChI is InChI=1S/C26H33N9O4S/c1-26(6-7-26)29-40(38,39)19-13-20-23(21(14-19)32-9-11-33(12-10-32)25(37)30(2)3)35-22(5-8-27-35)34(24(20)36)17-18-15-28-31(4)16-18/h5,8,13-16,29H,6-7,9-12,17H2,1-4H3. The van der Waals surface area contributed by atoms with Crippen molar-refractivity contribution < 1.29 is 13.2 Å². The van der Waals surface area contributed by atoms with Gasteiger partial charge in [0, 0.05) is 70.7 Å². The lowest BCUT2D eigenvalue weighted by Crippen LogP contribution is -2.51. The maximum absolute atomic E-state index is 14.1. The van der Waals surface area contributed by atoms with Gasteiger partial charge in [-0.15, -0.1) is 0 Å². The number of carbonyl (C=O) groups is 1. The number of rotatable bonds is 6. The Labute approximate surface area is 231 Å². The van der Waals surface area contributed by atoms with E-state index in [0.29, 0.717) is 43.0 Å². The average molecular weight is 568 g/mol. The van der Waals surface area contributed by atoms with Crippen LogP contribution in [0.5, 0.6) is 0 Å². The summed E-state index contributed by atoms with van der Waals surface area (Å²) in [5.74, 6) is 0. The van der Waals surface area contributed by atoms with Crippen LogP contribution in [0.3, 0.4) is 0 Å². The van der Waals surface area contributed by atoms with Gasteiger partial charge in [0.15, 0.2) is 0 Å². The largest absolute Gasteiger partial charge is 0.366 e. The number of sulfonamides is 1. The fourth-order valence-electron chi connectivity index (χ4n) is 5.28. The number of urea groups is 1. The van der Waals surface area contributed by atoms with Gasteiger partial charge in [-0.25, -0.2) is 22.4 Å². The highest BCUT2D eigenvalue weighted by molar-refractivity contribution is 7.89. The quantitative estimate of drug-likeness (QED) is 0.369. The van der Waals surface area contributed by atoms with E-state index in [9.17, 15) is 18.0 Å². The second-order valence-electron chi connectivity index (χ2n) is 11.2. The molecule has 1 saturated carbocycles. The van der Waals surface area contributed by atoms with Crippen LogP contribution in [0.15, 0.2) is 46.5 Å². The lowest BCUT2D eigenvalue weighted by Gasteiger charge is -2.37. The van der Waals surface area contributed by atoms with E-state index in [1.165, 1.54) is 6.07 Å². The molecule has 6 rings (SSSR count). The van der Waals surface area contributed by atoms with Gasteiger partial charge < -0.3 is 14.7 Å². The maximum atomic E-state index is 14.1. The first kappa shape index (κ1) is 26.3. The van der Waals surface area contributed by atoms with Crippen molar-refractivity contribution in [1.29, 1.82) is 0 Å². The highest BCUT2D eigenvalue weighted by Crippen LogP contribution is 2.37. The Morgan fingerprint density at radius 2 is 1.85 bits per heavy atom. The second kappa shape index (κ2) is 9.34. The lowest BCUT2D eigenvalue weighted by molar-refractivity contribution is 0.168. The third kappa shape index (κ3) is 4.60. The summed E-state index contributed by atoms with van der Waals surface area (Å²) in [5, 5.41) is 9.02. The van der Waals surface area contributed by atoms with Gasteiger partial charge in [-0.2, -0.15) is 10.2 Å². The average Bonchev–Trinajstić information content (AvgIpc) is 3.27. The summed E-state index contributed by atoms with van der Waals surface area (Å²) in [6.45, 7) is 4.02. The van der Waals surface area contributed by atoms with E-state index in [1.807, 2.05) is 25.1 Å². The number of aromatic nitrogens is 5. The molecule has 0 unspecified atom stereocenters. The van der Waals surface area contributed by atoms with E-state index in [4.69, 9.17) is 0 Å². The molecule has 1 aromatic carbocycles. The van der Waals surface area contributed by atoms with E-state index in [2.05, 4.69) is 14.9 Å². The first-order valence-electron chi connectivity index (χ1n) is 13.2. The van der Waals surface area contributed by atoms with Crippen molar-refractivity contribution in [3.8, 4) is 0 Å². The lowest BCUT2D eigenvalue weighted by atomic mass is 10.1. The van der Waals surface area contributed by atoms with Crippen LogP contribution in [0.25, 0.3) is 16.6 Å². The number of aryl methyl sites for hydroxylation is 1. The molecular weight excluding hydrogens is 534 g/mol. The molecule has 4 aromatic rings. The first-order valence-corrected chi connectivity index (χ1v) is 14.7. The van der Waals surface area contributed by atoms with Crippen LogP contribution in [0.4, 0.5) is 10.5 Å². The molecule has 2 fully saturated rings. The Bertz CT molecular complexity index is 1790. The predicted octanol–water partition coefficient (Wildman–Crippen LogP) is 1.07. The molecule has 2 amide bonds. The molecule has 14 heteroatoms. The number of amides is 2. The van der Waals surface area contributed by atoms with E-state index >= 15 is 0 Å². The van der Waals surface area contributed by atoms with Gasteiger partial charge in [0.2, 0.25) is 10.0 Å². The maximum Gasteiger partial charge on any atom is 0.319 e. The molecule has 13 nitrogen and oxygen atoms in total. The molecular formula is C26H33N9O4S. The number of fused-ring (bicyclic) bond motifs is 3. The SMILES string of the molecule is CN(C)C(=O)N1CCN(c2cc(S(=O)(=O)NC3(C)CC3)cc3c(=O)n(Cc4cnn(C)c4)c4ccnn4c23)CC1. The summed E-state index contributed by atoms with van der Waals surface area (Å²) in [6, 6.07) is 4.79. The minimum atomic E-state index is -3.91. The Morgan fingerprint density at radius 3 is 2.48 bits per heavy atom. The van der Waals surface area contributed by atoms with Gasteiger partial charge >= 0.3 is 6.03 Å². The summed E-state index contributed by atoms with van der Waals surface area (Å²) >= 11 is 0. The molecule has 0 spiro atoms. The Morgan fingerprint density at radius 1 is 1.12 bits per heavy atom. The molecule has 1 saturated heterocycles. The number of hydrogen-bond acceptors (Lipinski definition) is 7. The summed E-state index contributed by atoms with van der Waals surface area (Å²) in [7, 11) is 1.34. The molecule has 1 N–H and O–H groups in total. The van der Waals surface area contributed by atoms with Gasteiger partial charge in [0.1, 0.15) is 11.2 Å². The zero-order chi connectivity index (χ0) is 28.4. The summed E-state index contributed by atoms with van der Waals surface area (Å²) < 4.78 is 34.9. The number of anilines is 1. The van der Waals surface area contributed by atoms with Gasteiger partial charge in [-0.05, 0) is 31.9 Å². The zero-order valence-corrected chi connectivity index (χ0v) is 23.8. The van der Waals surface area contributed by atoms with Crippen molar-refractivity contribution in [2.24, 2.45) is 7.05 Å². The van der Waals surface area contributed by atoms with E-state index < -0.39 is 15.6 Å². The van der Waals surface area contributed by atoms with Crippen LogP contribution in [-0.2, 0) is 23.6 Å². The van der Waals surface area contributed by atoms with Crippen molar-refractivity contribution in [2.75, 3.05) is 45.2 Å². The predicted molar refractivity (Wildman–Crippen MR) is 150 cm³/mol. The number of nitrogens with zero attached hydrogens (tertiary/aromatic N) is 8. The minimum absolute atomic E-state index is 0.0338. The number of benzene rings is 1. The molecule has 0 bridgehead atoms. The summed E-state index contributed by atoms with van der Waals surface area (Å²) in [6.07, 6.45) is 6.70. The summed E-state index contributed by atoms with van der Waals surface area (Å²) in [4.78, 5) is 32.0. The monoisotopic (exact) mass is 567 g/mol. The van der Waals surface area contributed by atoms with Crippen molar-refractivity contribution in [2.45, 2.75) is 36.7 Å². The smallest absolute Gasteiger partial charge is 0.319 e. The number of hydrogen-bond donors (Lipinski definition) is 1. The molecule has 2 aliphatic rings. The Kier molecular flexibility index (Phi) is 6.14. The van der Waals surface area contributed by atoms with Crippen LogP contribution < -0.4 is 15.2 Å². The van der Waals surface area contributed by atoms with Crippen LogP contribution in [0.1, 0.15) is 25.3 Å². The van der Waals surface area contributed by atoms with Crippen molar-refractivity contribution in [1.82, 2.24) is 38.5 Å². The number of nitrogens with one attached hydrogen (secondary N) is 1. The highest BCUT2D eigenvalue weighted by atomic mass is 32.2. The van der Waals surface area contributed by atoms with Crippen molar-refractivity contribution >= 4 is 38.3 Å². The Balaban J connectivity index is 1.52. The zero-order valence-electron chi connectivity index (χ0n) is 23.0. The van der Waals surface area contributed by atoms with Gasteiger partial charge in [0.05, 0.1) is 34.9 Å². The highest BCUT2D eigenvalue weighted by Gasteiger charge is 2.41. The van der Waals surface area contributed by atoms with Crippen LogP contribution in [0, 0.1) is 0 Å². The van der Waals surface area contributed by atoms with Gasteiger partial charge in [-0.3, -0.25) is 14.0 Å². The fraction of sp³-hybridized carbons (Fsp3) is 0.462. The molecule has 212 valence electrons. The number of piperazine rings is 1. The molecule has 1 aliphatic heterocycles. The second-order valence-corrected chi connectivity index (χ2v) is 12.9. The first-order chi connectivity index (χ1) is 19.0. The van der Waals surface area contributed by atoms with E-state index in [0.717, 1.165) is 18.4 Å². The third-order valence-electron chi connectivity index (χ3n) is 7.71. The molecule has 0 radical (unpaired) electrons.